The Bertz CT molecular complexity index is 1690. The zero-order chi connectivity index (χ0) is 24.4. The molecule has 5 aromatic rings. The number of fused-ring (bicyclic) bond motifs is 1. The average molecular weight is 503 g/mol. The number of nitrogens with zero attached hydrogens (tertiary/aromatic N) is 6. The van der Waals surface area contributed by atoms with Gasteiger partial charge in [0.2, 0.25) is 0 Å². The number of rotatable bonds is 6. The number of halogens is 1. The minimum Gasteiger partial charge on any atom is -0.284 e. The summed E-state index contributed by atoms with van der Waals surface area (Å²) in [6.07, 6.45) is 6.01. The van der Waals surface area contributed by atoms with Crippen LogP contribution in [-0.2, 0) is 13.6 Å². The molecule has 5 rings (SSSR count). The SMILES string of the molecule is Cn1cnc(Cn2c(=O)n(/C=C/N=Cc3ccccc3)c(=O)c3sc(-c4ccccc4Cl)cc32)n1. The minimum atomic E-state index is -0.510. The molecule has 0 N–H and O–H groups in total. The summed E-state index contributed by atoms with van der Waals surface area (Å²) in [4.78, 5) is 36.0. The number of benzene rings is 2. The lowest BCUT2D eigenvalue weighted by atomic mass is 10.2. The number of aromatic nitrogens is 5. The summed E-state index contributed by atoms with van der Waals surface area (Å²) in [5, 5.41) is 4.86. The fourth-order valence-electron chi connectivity index (χ4n) is 3.61. The largest absolute Gasteiger partial charge is 0.336 e. The summed E-state index contributed by atoms with van der Waals surface area (Å²) in [5.41, 5.74) is 1.26. The van der Waals surface area contributed by atoms with E-state index in [1.54, 1.807) is 30.3 Å². The van der Waals surface area contributed by atoms with Crippen LogP contribution in [0.15, 0.2) is 87.8 Å². The Morgan fingerprint density at radius 3 is 2.60 bits per heavy atom. The van der Waals surface area contributed by atoms with Gasteiger partial charge in [0.15, 0.2) is 5.82 Å². The molecule has 2 aromatic carbocycles. The van der Waals surface area contributed by atoms with Crippen molar-refractivity contribution in [1.82, 2.24) is 23.9 Å². The fourth-order valence-corrected chi connectivity index (χ4v) is 5.04. The van der Waals surface area contributed by atoms with E-state index in [-0.39, 0.29) is 6.54 Å². The Kier molecular flexibility index (Phi) is 6.26. The molecule has 0 aliphatic heterocycles. The molecule has 8 nitrogen and oxygen atoms in total. The molecule has 3 aromatic heterocycles. The Morgan fingerprint density at radius 2 is 1.86 bits per heavy atom. The molecule has 0 aliphatic rings. The van der Waals surface area contributed by atoms with E-state index in [0.717, 1.165) is 20.6 Å². The Hall–Kier alpha value is -4.08. The monoisotopic (exact) mass is 502 g/mol. The van der Waals surface area contributed by atoms with Crippen LogP contribution >= 0.6 is 22.9 Å². The zero-order valence-corrected chi connectivity index (χ0v) is 20.1. The van der Waals surface area contributed by atoms with Crippen LogP contribution in [0.5, 0.6) is 0 Å². The van der Waals surface area contributed by atoms with Crippen molar-refractivity contribution in [1.29, 1.82) is 0 Å². The van der Waals surface area contributed by atoms with E-state index in [2.05, 4.69) is 15.1 Å². The van der Waals surface area contributed by atoms with Crippen molar-refractivity contribution >= 4 is 45.6 Å². The van der Waals surface area contributed by atoms with Gasteiger partial charge in [0, 0.05) is 41.1 Å². The Morgan fingerprint density at radius 1 is 1.09 bits per heavy atom. The van der Waals surface area contributed by atoms with E-state index >= 15 is 0 Å². The molecule has 0 atom stereocenters. The molecule has 35 heavy (non-hydrogen) atoms. The molecule has 0 radical (unpaired) electrons. The fraction of sp³-hybridized carbons (Fsp3) is 0.0800. The summed E-state index contributed by atoms with van der Waals surface area (Å²) in [5.74, 6) is 0.456. The Labute approximate surface area is 208 Å². The highest BCUT2D eigenvalue weighted by atomic mass is 35.5. The van der Waals surface area contributed by atoms with Gasteiger partial charge >= 0.3 is 5.69 Å². The first-order valence-electron chi connectivity index (χ1n) is 10.6. The van der Waals surface area contributed by atoms with Crippen molar-refractivity contribution in [3.8, 4) is 10.4 Å². The van der Waals surface area contributed by atoms with Crippen molar-refractivity contribution in [2.45, 2.75) is 6.54 Å². The summed E-state index contributed by atoms with van der Waals surface area (Å²) >= 11 is 7.69. The first kappa shape index (κ1) is 22.7. The van der Waals surface area contributed by atoms with Crippen LogP contribution in [0, 0.1) is 0 Å². The predicted octanol–water partition coefficient (Wildman–Crippen LogP) is 4.27. The van der Waals surface area contributed by atoms with Gasteiger partial charge in [0.1, 0.15) is 11.0 Å². The maximum atomic E-state index is 13.4. The van der Waals surface area contributed by atoms with Gasteiger partial charge in [0.05, 0.1) is 12.1 Å². The van der Waals surface area contributed by atoms with Gasteiger partial charge in [-0.1, -0.05) is 60.1 Å². The number of aliphatic imine (C=N–C) groups is 1. The predicted molar refractivity (Wildman–Crippen MR) is 140 cm³/mol. The molecule has 0 saturated carbocycles. The molecule has 10 heteroatoms. The molecule has 0 spiro atoms. The first-order chi connectivity index (χ1) is 17.0. The highest BCUT2D eigenvalue weighted by Gasteiger charge is 2.18. The third kappa shape index (κ3) is 4.64. The molecule has 174 valence electrons. The second-order valence-corrected chi connectivity index (χ2v) is 9.13. The summed E-state index contributed by atoms with van der Waals surface area (Å²) < 4.78 is 4.54. The van der Waals surface area contributed by atoms with Crippen LogP contribution in [0.25, 0.3) is 26.9 Å². The minimum absolute atomic E-state index is 0.107. The Balaban J connectivity index is 1.64. The van der Waals surface area contributed by atoms with Crippen molar-refractivity contribution in [3.05, 3.63) is 110 Å². The van der Waals surface area contributed by atoms with E-state index in [0.29, 0.717) is 21.1 Å². The zero-order valence-electron chi connectivity index (χ0n) is 18.6. The molecule has 0 unspecified atom stereocenters. The van der Waals surface area contributed by atoms with E-state index < -0.39 is 11.2 Å². The topological polar surface area (TPSA) is 87.1 Å². The van der Waals surface area contributed by atoms with Gasteiger partial charge < -0.3 is 0 Å². The van der Waals surface area contributed by atoms with Crippen molar-refractivity contribution in [2.75, 3.05) is 0 Å². The van der Waals surface area contributed by atoms with Crippen LogP contribution < -0.4 is 11.2 Å². The van der Waals surface area contributed by atoms with Crippen molar-refractivity contribution in [2.24, 2.45) is 12.0 Å². The number of aryl methyl sites for hydroxylation is 1. The molecule has 0 aliphatic carbocycles. The van der Waals surface area contributed by atoms with Crippen LogP contribution in [0.3, 0.4) is 0 Å². The maximum absolute atomic E-state index is 13.4. The van der Waals surface area contributed by atoms with Gasteiger partial charge in [-0.25, -0.2) is 14.3 Å². The van der Waals surface area contributed by atoms with E-state index in [1.807, 2.05) is 54.6 Å². The van der Waals surface area contributed by atoms with E-state index in [1.165, 1.54) is 28.3 Å². The second kappa shape index (κ2) is 9.65. The van der Waals surface area contributed by atoms with Gasteiger partial charge in [0.25, 0.3) is 5.56 Å². The van der Waals surface area contributed by atoms with Crippen molar-refractivity contribution < 1.29 is 0 Å². The standard InChI is InChI=1S/C25H19ClN6O2S/c1-30-16-28-22(29-30)15-32-20-13-21(18-9-5-6-10-19(18)26)35-23(20)24(33)31(25(32)34)12-11-27-14-17-7-3-2-4-8-17/h2-14,16H,15H2,1H3/b12-11+,27-14?. The maximum Gasteiger partial charge on any atom is 0.336 e. The van der Waals surface area contributed by atoms with Crippen LogP contribution in [0.4, 0.5) is 0 Å². The number of hydrogen-bond acceptors (Lipinski definition) is 6. The van der Waals surface area contributed by atoms with Crippen LogP contribution in [0.2, 0.25) is 5.02 Å². The van der Waals surface area contributed by atoms with Crippen LogP contribution in [0.1, 0.15) is 11.4 Å². The van der Waals surface area contributed by atoms with Gasteiger partial charge in [-0.15, -0.1) is 11.3 Å². The lowest BCUT2D eigenvalue weighted by Gasteiger charge is -2.07. The summed E-state index contributed by atoms with van der Waals surface area (Å²) in [6, 6.07) is 18.7. The molecule has 0 saturated heterocycles. The smallest absolute Gasteiger partial charge is 0.284 e. The molecule has 0 amide bonds. The third-order valence-electron chi connectivity index (χ3n) is 5.26. The van der Waals surface area contributed by atoms with E-state index in [4.69, 9.17) is 11.6 Å². The normalized spacial score (nSPS) is 11.8. The first-order valence-corrected chi connectivity index (χ1v) is 11.8. The highest BCUT2D eigenvalue weighted by Crippen LogP contribution is 2.35. The molecule has 3 heterocycles. The lowest BCUT2D eigenvalue weighted by Crippen LogP contribution is -2.37. The van der Waals surface area contributed by atoms with Gasteiger partial charge in [-0.2, -0.15) is 5.10 Å². The van der Waals surface area contributed by atoms with Gasteiger partial charge in [-0.05, 0) is 17.7 Å². The summed E-state index contributed by atoms with van der Waals surface area (Å²) in [7, 11) is 1.75. The number of thiophene rings is 1. The van der Waals surface area contributed by atoms with Gasteiger partial charge in [-0.3, -0.25) is 19.0 Å². The molecule has 0 fully saturated rings. The molecule has 0 bridgehead atoms. The average Bonchev–Trinajstić information content (AvgIpc) is 3.48. The highest BCUT2D eigenvalue weighted by molar-refractivity contribution is 7.22. The van der Waals surface area contributed by atoms with Crippen LogP contribution in [-0.4, -0.2) is 30.1 Å². The lowest BCUT2D eigenvalue weighted by molar-refractivity contribution is 0.675. The molecular weight excluding hydrogens is 484 g/mol. The van der Waals surface area contributed by atoms with E-state index in [9.17, 15) is 9.59 Å². The second-order valence-electron chi connectivity index (χ2n) is 7.67. The molecular formula is C25H19ClN6O2S. The quantitative estimate of drug-likeness (QED) is 0.324. The summed E-state index contributed by atoms with van der Waals surface area (Å²) in [6.45, 7) is 0.107. The van der Waals surface area contributed by atoms with Crippen molar-refractivity contribution in [3.63, 3.8) is 0 Å². The number of hydrogen-bond donors (Lipinski definition) is 0. The third-order valence-corrected chi connectivity index (χ3v) is 6.74.